The summed E-state index contributed by atoms with van der Waals surface area (Å²) in [6.45, 7) is 6.96. The number of rotatable bonds is 5. The summed E-state index contributed by atoms with van der Waals surface area (Å²) in [5, 5.41) is 17.0. The van der Waals surface area contributed by atoms with Crippen molar-refractivity contribution in [3.63, 3.8) is 0 Å². The van der Waals surface area contributed by atoms with E-state index in [2.05, 4.69) is 32.2 Å². The minimum atomic E-state index is 0.0533. The molecule has 30 heavy (non-hydrogen) atoms. The van der Waals surface area contributed by atoms with E-state index in [-0.39, 0.29) is 11.9 Å². The van der Waals surface area contributed by atoms with Crippen LogP contribution in [0.15, 0.2) is 42.7 Å². The molecule has 7 nitrogen and oxygen atoms in total. The normalized spacial score (nSPS) is 19.1. The Labute approximate surface area is 177 Å². The maximum Gasteiger partial charge on any atom is 0.256 e. The minimum Gasteiger partial charge on any atom is -0.335 e. The minimum absolute atomic E-state index is 0.0533. The Morgan fingerprint density at radius 1 is 1.10 bits per heavy atom. The number of nitrogens with zero attached hydrogens (tertiary/aromatic N) is 6. The fourth-order valence-corrected chi connectivity index (χ4v) is 4.29. The lowest BCUT2D eigenvalue weighted by molar-refractivity contribution is 0.0498. The molecule has 1 aromatic carbocycles. The van der Waals surface area contributed by atoms with Crippen LogP contribution in [0.25, 0.3) is 5.69 Å². The Balaban J connectivity index is 1.60. The lowest BCUT2D eigenvalue weighted by Crippen LogP contribution is -2.48. The van der Waals surface area contributed by atoms with E-state index in [1.807, 2.05) is 44.2 Å². The fraction of sp³-hybridized carbons (Fsp3) is 0.435. The van der Waals surface area contributed by atoms with E-state index >= 15 is 0 Å². The van der Waals surface area contributed by atoms with Crippen LogP contribution < -0.4 is 0 Å². The van der Waals surface area contributed by atoms with Crippen molar-refractivity contribution in [2.45, 2.75) is 52.5 Å². The van der Waals surface area contributed by atoms with Crippen LogP contribution in [0.4, 0.5) is 0 Å². The van der Waals surface area contributed by atoms with Crippen LogP contribution >= 0.6 is 0 Å². The van der Waals surface area contributed by atoms with E-state index in [0.29, 0.717) is 11.5 Å². The van der Waals surface area contributed by atoms with Crippen molar-refractivity contribution in [3.05, 3.63) is 65.2 Å². The highest BCUT2D eigenvalue weighted by Gasteiger charge is 2.33. The maximum atomic E-state index is 13.7. The zero-order valence-corrected chi connectivity index (χ0v) is 17.8. The van der Waals surface area contributed by atoms with Gasteiger partial charge in [-0.1, -0.05) is 18.6 Å². The van der Waals surface area contributed by atoms with Crippen LogP contribution in [-0.4, -0.2) is 48.6 Å². The van der Waals surface area contributed by atoms with Crippen molar-refractivity contribution in [1.29, 1.82) is 0 Å². The second kappa shape index (κ2) is 8.73. The van der Waals surface area contributed by atoms with Gasteiger partial charge in [0.05, 0.1) is 35.0 Å². The molecule has 7 heteroatoms. The van der Waals surface area contributed by atoms with Crippen LogP contribution in [0, 0.1) is 19.8 Å². The lowest BCUT2D eigenvalue weighted by Gasteiger charge is -2.40. The number of benzene rings is 1. The molecule has 0 radical (unpaired) electrons. The molecule has 0 aliphatic carbocycles. The highest BCUT2D eigenvalue weighted by molar-refractivity contribution is 5.98. The first kappa shape index (κ1) is 20.2. The van der Waals surface area contributed by atoms with Crippen molar-refractivity contribution in [2.24, 2.45) is 5.92 Å². The monoisotopic (exact) mass is 404 g/mol. The molecule has 0 unspecified atom stereocenters. The number of carbonyl (C=O) groups is 1. The van der Waals surface area contributed by atoms with Gasteiger partial charge in [-0.3, -0.25) is 4.79 Å². The molecule has 1 fully saturated rings. The van der Waals surface area contributed by atoms with Gasteiger partial charge in [0.2, 0.25) is 0 Å². The van der Waals surface area contributed by atoms with Crippen molar-refractivity contribution in [2.75, 3.05) is 6.54 Å². The van der Waals surface area contributed by atoms with E-state index in [1.54, 1.807) is 12.4 Å². The number of piperidine rings is 1. The summed E-state index contributed by atoms with van der Waals surface area (Å²) < 4.78 is 0. The Hall–Kier alpha value is -3.09. The van der Waals surface area contributed by atoms with E-state index in [4.69, 9.17) is 0 Å². The van der Waals surface area contributed by atoms with Gasteiger partial charge >= 0.3 is 0 Å². The molecule has 1 aliphatic heterocycles. The predicted molar refractivity (Wildman–Crippen MR) is 114 cm³/mol. The number of hydrogen-bond donors (Lipinski definition) is 0. The number of amides is 1. The van der Waals surface area contributed by atoms with E-state index in [0.717, 1.165) is 54.9 Å². The van der Waals surface area contributed by atoms with Gasteiger partial charge in [-0.05, 0) is 69.7 Å². The van der Waals surface area contributed by atoms with Gasteiger partial charge in [0.1, 0.15) is 0 Å². The maximum absolute atomic E-state index is 13.7. The molecule has 1 aliphatic rings. The molecule has 0 spiro atoms. The highest BCUT2D eigenvalue weighted by atomic mass is 16.2. The van der Waals surface area contributed by atoms with Crippen molar-refractivity contribution >= 4 is 5.91 Å². The van der Waals surface area contributed by atoms with Gasteiger partial charge in [0.25, 0.3) is 5.91 Å². The van der Waals surface area contributed by atoms with Gasteiger partial charge < -0.3 is 4.90 Å². The molecule has 0 saturated carbocycles. The zero-order chi connectivity index (χ0) is 21.1. The highest BCUT2D eigenvalue weighted by Crippen LogP contribution is 2.29. The van der Waals surface area contributed by atoms with Crippen molar-refractivity contribution < 1.29 is 4.79 Å². The van der Waals surface area contributed by atoms with Crippen molar-refractivity contribution in [1.82, 2.24) is 30.1 Å². The summed E-state index contributed by atoms with van der Waals surface area (Å²) in [4.78, 5) is 17.3. The number of carbonyl (C=O) groups excluding carboxylic acids is 1. The van der Waals surface area contributed by atoms with Crippen LogP contribution in [0.5, 0.6) is 0 Å². The zero-order valence-electron chi connectivity index (χ0n) is 17.8. The molecule has 156 valence electrons. The molecule has 1 amide bonds. The van der Waals surface area contributed by atoms with Gasteiger partial charge in [0.15, 0.2) is 0 Å². The SMILES string of the molecule is Cc1ccc(-n2nccn2)c(C(=O)N2CCC[C@@H](C)[C@H]2CCc2ccc(C)nn2)c1. The Morgan fingerprint density at radius 3 is 2.63 bits per heavy atom. The van der Waals surface area contributed by atoms with Crippen LogP contribution in [-0.2, 0) is 6.42 Å². The van der Waals surface area contributed by atoms with E-state index in [1.165, 1.54) is 4.80 Å². The average Bonchev–Trinajstić information content (AvgIpc) is 3.28. The Morgan fingerprint density at radius 2 is 1.90 bits per heavy atom. The Kier molecular flexibility index (Phi) is 5.88. The van der Waals surface area contributed by atoms with Gasteiger partial charge in [-0.15, -0.1) is 0 Å². The number of likely N-dealkylation sites (tertiary alicyclic amines) is 1. The quantitative estimate of drug-likeness (QED) is 0.650. The fourth-order valence-electron chi connectivity index (χ4n) is 4.29. The number of hydrogen-bond acceptors (Lipinski definition) is 5. The summed E-state index contributed by atoms with van der Waals surface area (Å²) in [6.07, 6.45) is 7.11. The first-order valence-corrected chi connectivity index (χ1v) is 10.6. The molecule has 2 aromatic heterocycles. The second-order valence-corrected chi connectivity index (χ2v) is 8.23. The summed E-state index contributed by atoms with van der Waals surface area (Å²) in [6, 6.07) is 10.1. The van der Waals surface area contributed by atoms with Crippen LogP contribution in [0.1, 0.15) is 53.5 Å². The topological polar surface area (TPSA) is 76.8 Å². The second-order valence-electron chi connectivity index (χ2n) is 8.23. The third-order valence-electron chi connectivity index (χ3n) is 5.94. The molecule has 0 N–H and O–H groups in total. The summed E-state index contributed by atoms with van der Waals surface area (Å²) in [7, 11) is 0. The molecular weight excluding hydrogens is 376 g/mol. The van der Waals surface area contributed by atoms with Gasteiger partial charge in [-0.2, -0.15) is 25.2 Å². The molecule has 3 aromatic rings. The standard InChI is InChI=1S/C23H28N6O/c1-16-6-10-22(29-24-12-13-25-29)20(15-16)23(30)28-14-4-5-17(2)21(28)11-9-19-8-7-18(3)26-27-19/h6-8,10,12-13,15,17,21H,4-5,9,11,14H2,1-3H3/t17-,21-/m1/s1. The Bertz CT molecular complexity index is 999. The van der Waals surface area contributed by atoms with Gasteiger partial charge in [-0.25, -0.2) is 0 Å². The first-order chi connectivity index (χ1) is 14.5. The number of aromatic nitrogens is 5. The van der Waals surface area contributed by atoms with Crippen molar-refractivity contribution in [3.8, 4) is 5.69 Å². The third kappa shape index (κ3) is 4.25. The molecule has 3 heterocycles. The third-order valence-corrected chi connectivity index (χ3v) is 5.94. The summed E-state index contributed by atoms with van der Waals surface area (Å²) >= 11 is 0. The average molecular weight is 405 g/mol. The summed E-state index contributed by atoms with van der Waals surface area (Å²) in [5.41, 5.74) is 4.31. The lowest BCUT2D eigenvalue weighted by atomic mass is 9.86. The smallest absolute Gasteiger partial charge is 0.256 e. The molecule has 2 atom stereocenters. The summed E-state index contributed by atoms with van der Waals surface area (Å²) in [5.74, 6) is 0.495. The van der Waals surface area contributed by atoms with Crippen LogP contribution in [0.2, 0.25) is 0 Å². The van der Waals surface area contributed by atoms with E-state index in [9.17, 15) is 4.79 Å². The van der Waals surface area contributed by atoms with Crippen LogP contribution in [0.3, 0.4) is 0 Å². The molecule has 0 bridgehead atoms. The predicted octanol–water partition coefficient (Wildman–Crippen LogP) is 3.55. The molecular formula is C23H28N6O. The molecule has 4 rings (SSSR count). The van der Waals surface area contributed by atoms with E-state index < -0.39 is 0 Å². The first-order valence-electron chi connectivity index (χ1n) is 10.6. The molecule has 1 saturated heterocycles. The number of aryl methyl sites for hydroxylation is 3. The van der Waals surface area contributed by atoms with Gasteiger partial charge in [0, 0.05) is 12.6 Å². The largest absolute Gasteiger partial charge is 0.335 e.